The van der Waals surface area contributed by atoms with Crippen LogP contribution in [0.1, 0.15) is 37.3 Å². The Labute approximate surface area is 178 Å². The molecule has 30 heavy (non-hydrogen) atoms. The van der Waals surface area contributed by atoms with E-state index >= 15 is 0 Å². The van der Waals surface area contributed by atoms with Crippen LogP contribution in [0.4, 0.5) is 0 Å². The minimum absolute atomic E-state index is 0.0867. The first kappa shape index (κ1) is 19.4. The Morgan fingerprint density at radius 1 is 1.03 bits per heavy atom. The third kappa shape index (κ3) is 3.65. The fourth-order valence-electron chi connectivity index (χ4n) is 5.27. The van der Waals surface area contributed by atoms with E-state index < -0.39 is 0 Å². The fraction of sp³-hybridized carbons (Fsp3) is 0.423. The summed E-state index contributed by atoms with van der Waals surface area (Å²) < 4.78 is 6.03. The Kier molecular flexibility index (Phi) is 5.11. The molecule has 1 aliphatic carbocycles. The molecule has 2 aromatic carbocycles. The van der Waals surface area contributed by atoms with E-state index in [2.05, 4.69) is 30.1 Å². The summed E-state index contributed by atoms with van der Waals surface area (Å²) in [7, 11) is 0. The van der Waals surface area contributed by atoms with Gasteiger partial charge in [-0.05, 0) is 50.2 Å². The molecule has 2 aromatic rings. The van der Waals surface area contributed by atoms with Gasteiger partial charge in [0.1, 0.15) is 11.5 Å². The summed E-state index contributed by atoms with van der Waals surface area (Å²) in [5.41, 5.74) is 3.31. The lowest BCUT2D eigenvalue weighted by Gasteiger charge is -2.27. The molecule has 0 aromatic heterocycles. The van der Waals surface area contributed by atoms with Crippen LogP contribution in [0, 0.1) is 17.8 Å². The van der Waals surface area contributed by atoms with Crippen LogP contribution in [0.15, 0.2) is 60.2 Å². The molecule has 3 aliphatic rings. The van der Waals surface area contributed by atoms with Gasteiger partial charge in [-0.15, -0.1) is 0 Å². The quantitative estimate of drug-likeness (QED) is 0.720. The van der Waals surface area contributed by atoms with Crippen molar-refractivity contribution in [1.29, 1.82) is 0 Å². The Balaban J connectivity index is 1.20. The summed E-state index contributed by atoms with van der Waals surface area (Å²) in [6.07, 6.45) is 3.47. The summed E-state index contributed by atoms with van der Waals surface area (Å²) >= 11 is 0. The number of carbonyl (C=O) groups is 1. The maximum absolute atomic E-state index is 13.3. The molecular weight excluding hydrogens is 372 g/mol. The molecule has 1 saturated heterocycles. The second-order valence-corrected chi connectivity index (χ2v) is 9.18. The van der Waals surface area contributed by atoms with E-state index in [0.29, 0.717) is 5.92 Å². The molecule has 1 N–H and O–H groups in total. The SMILES string of the molecule is CC(C)=CCCN1C[C@@H]2[C@@H](CNC(=O)C3c4ccccc4Oc4ccccc43)[C@@H]2C1. The second-order valence-electron chi connectivity index (χ2n) is 9.18. The summed E-state index contributed by atoms with van der Waals surface area (Å²) in [5, 5.41) is 3.28. The van der Waals surface area contributed by atoms with E-state index in [1.807, 2.05) is 48.5 Å². The fourth-order valence-corrected chi connectivity index (χ4v) is 5.27. The van der Waals surface area contributed by atoms with Gasteiger partial charge >= 0.3 is 0 Å². The molecule has 2 heterocycles. The maximum Gasteiger partial charge on any atom is 0.232 e. The largest absolute Gasteiger partial charge is 0.457 e. The lowest BCUT2D eigenvalue weighted by Crippen LogP contribution is -2.35. The molecule has 2 aliphatic heterocycles. The Morgan fingerprint density at radius 2 is 1.63 bits per heavy atom. The number of ether oxygens (including phenoxy) is 1. The number of benzene rings is 2. The van der Waals surface area contributed by atoms with Gasteiger partial charge in [-0.1, -0.05) is 48.0 Å². The number of likely N-dealkylation sites (tertiary alicyclic amines) is 1. The zero-order valence-electron chi connectivity index (χ0n) is 17.8. The summed E-state index contributed by atoms with van der Waals surface area (Å²) in [6.45, 7) is 8.64. The molecule has 0 bridgehead atoms. The second kappa shape index (κ2) is 7.92. The zero-order chi connectivity index (χ0) is 20.7. The number of fused-ring (bicyclic) bond motifs is 3. The van der Waals surface area contributed by atoms with Crippen molar-refractivity contribution >= 4 is 5.91 Å². The first-order valence-electron chi connectivity index (χ1n) is 11.1. The first-order valence-corrected chi connectivity index (χ1v) is 11.1. The molecule has 0 radical (unpaired) electrons. The highest BCUT2D eigenvalue weighted by atomic mass is 16.5. The van der Waals surface area contributed by atoms with Crippen molar-refractivity contribution in [2.24, 2.45) is 17.8 Å². The average Bonchev–Trinajstić information content (AvgIpc) is 3.20. The van der Waals surface area contributed by atoms with E-state index in [0.717, 1.165) is 54.0 Å². The van der Waals surface area contributed by atoms with Gasteiger partial charge < -0.3 is 15.0 Å². The smallest absolute Gasteiger partial charge is 0.232 e. The molecule has 3 atom stereocenters. The van der Waals surface area contributed by atoms with Crippen molar-refractivity contribution < 1.29 is 9.53 Å². The number of hydrogen-bond acceptors (Lipinski definition) is 3. The number of nitrogens with one attached hydrogen (secondary N) is 1. The molecule has 1 amide bonds. The van der Waals surface area contributed by atoms with Crippen molar-refractivity contribution in [3.8, 4) is 11.5 Å². The number of piperidine rings is 1. The summed E-state index contributed by atoms with van der Waals surface area (Å²) in [5.74, 6) is 3.50. The van der Waals surface area contributed by atoms with Crippen LogP contribution in [0.3, 0.4) is 0 Å². The highest BCUT2D eigenvalue weighted by molar-refractivity contribution is 5.89. The van der Waals surface area contributed by atoms with Crippen LogP contribution in [0.25, 0.3) is 0 Å². The van der Waals surface area contributed by atoms with Gasteiger partial charge in [-0.3, -0.25) is 4.79 Å². The van der Waals surface area contributed by atoms with Gasteiger partial charge in [-0.25, -0.2) is 0 Å². The van der Waals surface area contributed by atoms with E-state index in [4.69, 9.17) is 4.74 Å². The number of rotatable bonds is 6. The van der Waals surface area contributed by atoms with Crippen LogP contribution in [-0.2, 0) is 4.79 Å². The summed E-state index contributed by atoms with van der Waals surface area (Å²) in [4.78, 5) is 15.8. The lowest BCUT2D eigenvalue weighted by atomic mass is 9.87. The Hall–Kier alpha value is -2.59. The van der Waals surface area contributed by atoms with Gasteiger partial charge in [0.05, 0.1) is 5.92 Å². The summed E-state index contributed by atoms with van der Waals surface area (Å²) in [6, 6.07) is 15.8. The van der Waals surface area contributed by atoms with Crippen molar-refractivity contribution in [2.45, 2.75) is 26.2 Å². The van der Waals surface area contributed by atoms with E-state index in [9.17, 15) is 4.79 Å². The third-order valence-corrected chi connectivity index (χ3v) is 6.90. The monoisotopic (exact) mass is 402 g/mol. The Bertz CT molecular complexity index is 921. The van der Waals surface area contributed by atoms with Crippen LogP contribution >= 0.6 is 0 Å². The number of amides is 1. The molecule has 156 valence electrons. The van der Waals surface area contributed by atoms with Gasteiger partial charge in [0.2, 0.25) is 5.91 Å². The highest BCUT2D eigenvalue weighted by Gasteiger charge is 2.55. The first-order chi connectivity index (χ1) is 14.6. The van der Waals surface area contributed by atoms with Gasteiger partial charge in [0.25, 0.3) is 0 Å². The third-order valence-electron chi connectivity index (χ3n) is 6.90. The van der Waals surface area contributed by atoms with Crippen LogP contribution in [0.5, 0.6) is 11.5 Å². The minimum Gasteiger partial charge on any atom is -0.457 e. The minimum atomic E-state index is -0.301. The molecule has 1 saturated carbocycles. The van der Waals surface area contributed by atoms with Gasteiger partial charge in [-0.2, -0.15) is 0 Å². The molecule has 4 heteroatoms. The molecule has 4 nitrogen and oxygen atoms in total. The predicted molar refractivity (Wildman–Crippen MR) is 119 cm³/mol. The standard InChI is InChI=1S/C26H30N2O2/c1-17(2)8-7-13-28-15-21-20(22(21)16-28)14-27-26(29)25-18-9-3-5-11-23(18)30-24-12-6-4-10-19(24)25/h3-6,8-12,20-22,25H,7,13-16H2,1-2H3,(H,27,29)/t20-,21-,22+. The zero-order valence-corrected chi connectivity index (χ0v) is 17.8. The maximum atomic E-state index is 13.3. The number of hydrogen-bond donors (Lipinski definition) is 1. The van der Waals surface area contributed by atoms with Crippen molar-refractivity contribution in [2.75, 3.05) is 26.2 Å². The van der Waals surface area contributed by atoms with E-state index in [-0.39, 0.29) is 11.8 Å². The van der Waals surface area contributed by atoms with Gasteiger partial charge in [0.15, 0.2) is 0 Å². The van der Waals surface area contributed by atoms with Gasteiger partial charge in [0, 0.05) is 37.3 Å². The number of nitrogens with zero attached hydrogens (tertiary/aromatic N) is 1. The number of carbonyl (C=O) groups excluding carboxylic acids is 1. The Morgan fingerprint density at radius 3 is 2.23 bits per heavy atom. The van der Waals surface area contributed by atoms with Crippen LogP contribution < -0.4 is 10.1 Å². The van der Waals surface area contributed by atoms with Crippen molar-refractivity contribution in [1.82, 2.24) is 10.2 Å². The number of para-hydroxylation sites is 2. The normalized spacial score (nSPS) is 24.3. The number of allylic oxidation sites excluding steroid dienone is 1. The lowest BCUT2D eigenvalue weighted by molar-refractivity contribution is -0.121. The van der Waals surface area contributed by atoms with Crippen molar-refractivity contribution in [3.05, 3.63) is 71.3 Å². The molecule has 5 rings (SSSR count). The van der Waals surface area contributed by atoms with E-state index in [1.165, 1.54) is 18.7 Å². The van der Waals surface area contributed by atoms with Crippen LogP contribution in [-0.4, -0.2) is 37.0 Å². The molecular formula is C26H30N2O2. The van der Waals surface area contributed by atoms with Crippen LogP contribution in [0.2, 0.25) is 0 Å². The topological polar surface area (TPSA) is 41.6 Å². The molecule has 2 fully saturated rings. The highest BCUT2D eigenvalue weighted by Crippen LogP contribution is 2.51. The average molecular weight is 403 g/mol. The predicted octanol–water partition coefficient (Wildman–Crippen LogP) is 4.57. The molecule has 0 unspecified atom stereocenters. The molecule has 0 spiro atoms. The van der Waals surface area contributed by atoms with Crippen molar-refractivity contribution in [3.63, 3.8) is 0 Å². The van der Waals surface area contributed by atoms with E-state index in [1.54, 1.807) is 0 Å².